The van der Waals surface area contributed by atoms with Crippen molar-refractivity contribution in [2.45, 2.75) is 25.6 Å². The van der Waals surface area contributed by atoms with E-state index in [-0.39, 0.29) is 35.2 Å². The molecule has 1 aliphatic rings. The Morgan fingerprint density at radius 2 is 1.68 bits per heavy atom. The van der Waals surface area contributed by atoms with Gasteiger partial charge in [0.2, 0.25) is 0 Å². The van der Waals surface area contributed by atoms with E-state index in [0.29, 0.717) is 11.1 Å². The topological polar surface area (TPSA) is 148 Å². The van der Waals surface area contributed by atoms with Crippen molar-refractivity contribution >= 4 is 5.97 Å². The number of aliphatic hydroxyl groups is 1. The summed E-state index contributed by atoms with van der Waals surface area (Å²) >= 11 is 0. The van der Waals surface area contributed by atoms with Crippen molar-refractivity contribution in [3.8, 4) is 28.7 Å². The summed E-state index contributed by atoms with van der Waals surface area (Å²) in [6.45, 7) is 1.08. The Bertz CT molecular complexity index is 782. The van der Waals surface area contributed by atoms with Crippen LogP contribution in [-0.2, 0) is 11.2 Å². The molecule has 1 heterocycles. The third kappa shape index (κ3) is 4.24. The Morgan fingerprint density at radius 3 is 2.28 bits per heavy atom. The first-order chi connectivity index (χ1) is 11.7. The van der Waals surface area contributed by atoms with Crippen LogP contribution >= 0.6 is 0 Å². The van der Waals surface area contributed by atoms with Gasteiger partial charge in [0.15, 0.2) is 11.5 Å². The second-order valence-electron chi connectivity index (χ2n) is 5.52. The highest BCUT2D eigenvalue weighted by Crippen LogP contribution is 2.42. The highest BCUT2D eigenvalue weighted by molar-refractivity contribution is 5.63. The maximum Gasteiger partial charge on any atom is 0.300 e. The van der Waals surface area contributed by atoms with Crippen LogP contribution in [-0.4, -0.2) is 42.7 Å². The summed E-state index contributed by atoms with van der Waals surface area (Å²) in [5.41, 5.74) is 0.894. The second kappa shape index (κ2) is 7.18. The van der Waals surface area contributed by atoms with E-state index in [9.17, 15) is 25.5 Å². The van der Waals surface area contributed by atoms with Gasteiger partial charge in [-0.05, 0) is 17.7 Å². The van der Waals surface area contributed by atoms with E-state index in [1.807, 2.05) is 0 Å². The molecule has 2 aromatic carbocycles. The molecule has 3 rings (SSSR count). The molecule has 2 aromatic rings. The van der Waals surface area contributed by atoms with Crippen molar-refractivity contribution in [2.75, 3.05) is 0 Å². The van der Waals surface area contributed by atoms with Crippen molar-refractivity contribution in [2.24, 2.45) is 0 Å². The van der Waals surface area contributed by atoms with Crippen LogP contribution in [0.5, 0.6) is 28.7 Å². The molecule has 1 aliphatic heterocycles. The van der Waals surface area contributed by atoms with Gasteiger partial charge in [-0.25, -0.2) is 0 Å². The van der Waals surface area contributed by atoms with Crippen LogP contribution in [0.25, 0.3) is 0 Å². The number of carbonyl (C=O) groups is 1. The molecule has 134 valence electrons. The molecule has 8 heteroatoms. The second-order valence-corrected chi connectivity index (χ2v) is 5.52. The molecule has 0 fully saturated rings. The summed E-state index contributed by atoms with van der Waals surface area (Å²) in [6.07, 6.45) is -1.56. The zero-order valence-corrected chi connectivity index (χ0v) is 13.2. The fourth-order valence-electron chi connectivity index (χ4n) is 2.47. The van der Waals surface area contributed by atoms with Gasteiger partial charge in [0, 0.05) is 31.0 Å². The van der Waals surface area contributed by atoms with Gasteiger partial charge < -0.3 is 35.4 Å². The van der Waals surface area contributed by atoms with Crippen molar-refractivity contribution in [1.82, 2.24) is 0 Å². The molecular formula is C17H18O8. The van der Waals surface area contributed by atoms with E-state index in [2.05, 4.69) is 0 Å². The van der Waals surface area contributed by atoms with Gasteiger partial charge in [-0.3, -0.25) is 4.79 Å². The first-order valence-corrected chi connectivity index (χ1v) is 7.30. The normalized spacial score (nSPS) is 18.3. The Kier molecular flexibility index (Phi) is 5.23. The molecule has 0 aromatic heterocycles. The summed E-state index contributed by atoms with van der Waals surface area (Å²) in [6, 6.07) is 6.67. The van der Waals surface area contributed by atoms with E-state index in [1.165, 1.54) is 30.3 Å². The number of ether oxygens (including phenoxy) is 1. The van der Waals surface area contributed by atoms with E-state index >= 15 is 0 Å². The van der Waals surface area contributed by atoms with Crippen LogP contribution in [0.4, 0.5) is 0 Å². The number of carboxylic acid groups (broad SMARTS) is 1. The average Bonchev–Trinajstić information content (AvgIpc) is 2.50. The third-order valence-electron chi connectivity index (χ3n) is 3.51. The third-order valence-corrected chi connectivity index (χ3v) is 3.51. The molecule has 0 spiro atoms. The highest BCUT2D eigenvalue weighted by atomic mass is 16.5. The standard InChI is InChI=1S/C15H14O6.C2H4O2/c16-8-4-11(18)9-6-13(20)15(21-14(9)5-8)7-1-2-10(17)12(19)3-7;1-2(3)4/h1-5,13,15-20H,6H2;1H3,(H,3,4)/t13-,15+;/m0./s1. The van der Waals surface area contributed by atoms with Crippen LogP contribution in [0.1, 0.15) is 24.2 Å². The van der Waals surface area contributed by atoms with Crippen molar-refractivity contribution < 1.29 is 40.2 Å². The quantitative estimate of drug-likeness (QED) is 0.425. The van der Waals surface area contributed by atoms with Crippen LogP contribution < -0.4 is 4.74 Å². The molecule has 8 nitrogen and oxygen atoms in total. The minimum absolute atomic E-state index is 0.143. The SMILES string of the molecule is CC(=O)O.Oc1cc(O)c2c(c1)O[C@H](c1ccc(O)c(O)c1)[C@@H](O)C2. The number of benzene rings is 2. The minimum Gasteiger partial charge on any atom is -0.508 e. The predicted molar refractivity (Wildman–Crippen MR) is 85.9 cm³/mol. The highest BCUT2D eigenvalue weighted by Gasteiger charge is 2.32. The number of rotatable bonds is 1. The zero-order chi connectivity index (χ0) is 18.7. The lowest BCUT2D eigenvalue weighted by molar-refractivity contribution is -0.134. The Hall–Kier alpha value is -3.13. The molecule has 0 amide bonds. The van der Waals surface area contributed by atoms with E-state index < -0.39 is 18.2 Å². The van der Waals surface area contributed by atoms with E-state index in [0.717, 1.165) is 6.92 Å². The predicted octanol–water partition coefficient (Wildman–Crippen LogP) is 1.64. The van der Waals surface area contributed by atoms with Gasteiger partial charge in [0.25, 0.3) is 5.97 Å². The fraction of sp³-hybridized carbons (Fsp3) is 0.235. The maximum atomic E-state index is 10.2. The number of aromatic hydroxyl groups is 4. The number of carboxylic acids is 1. The average molecular weight is 350 g/mol. The summed E-state index contributed by atoms with van der Waals surface area (Å²) in [7, 11) is 0. The number of hydrogen-bond donors (Lipinski definition) is 6. The first kappa shape index (κ1) is 18.2. The van der Waals surface area contributed by atoms with Crippen molar-refractivity contribution in [3.05, 3.63) is 41.5 Å². The lowest BCUT2D eigenvalue weighted by atomic mass is 9.94. The summed E-state index contributed by atoms with van der Waals surface area (Å²) in [4.78, 5) is 9.00. The molecule has 25 heavy (non-hydrogen) atoms. The number of aliphatic carboxylic acids is 1. The number of phenolic OH excluding ortho intramolecular Hbond substituents is 4. The van der Waals surface area contributed by atoms with Crippen LogP contribution in [0, 0.1) is 0 Å². The molecule has 0 aliphatic carbocycles. The van der Waals surface area contributed by atoms with Gasteiger partial charge >= 0.3 is 0 Å². The maximum absolute atomic E-state index is 10.2. The number of phenols is 4. The smallest absolute Gasteiger partial charge is 0.300 e. The van der Waals surface area contributed by atoms with Crippen LogP contribution in [0.3, 0.4) is 0 Å². The lowest BCUT2D eigenvalue weighted by Crippen LogP contribution is -2.30. The molecule has 6 N–H and O–H groups in total. The Labute approximate surface area is 142 Å². The Balaban J connectivity index is 0.000000511. The number of fused-ring (bicyclic) bond motifs is 1. The van der Waals surface area contributed by atoms with Gasteiger partial charge in [0.1, 0.15) is 23.4 Å². The molecule has 0 saturated carbocycles. The molecule has 0 saturated heterocycles. The summed E-state index contributed by atoms with van der Waals surface area (Å²) in [5.74, 6) is -1.42. The summed E-state index contributed by atoms with van der Waals surface area (Å²) in [5, 5.41) is 55.7. The molecule has 2 atom stereocenters. The van der Waals surface area contributed by atoms with Gasteiger partial charge in [0.05, 0.1) is 6.10 Å². The lowest BCUT2D eigenvalue weighted by Gasteiger charge is -2.31. The van der Waals surface area contributed by atoms with Crippen molar-refractivity contribution in [1.29, 1.82) is 0 Å². The van der Waals surface area contributed by atoms with Gasteiger partial charge in [-0.15, -0.1) is 0 Å². The monoisotopic (exact) mass is 350 g/mol. The first-order valence-electron chi connectivity index (χ1n) is 7.30. The fourth-order valence-corrected chi connectivity index (χ4v) is 2.47. The molecule has 0 bridgehead atoms. The summed E-state index contributed by atoms with van der Waals surface area (Å²) < 4.78 is 5.62. The van der Waals surface area contributed by atoms with E-state index in [4.69, 9.17) is 14.6 Å². The van der Waals surface area contributed by atoms with Gasteiger partial charge in [-0.1, -0.05) is 6.07 Å². The van der Waals surface area contributed by atoms with Gasteiger partial charge in [-0.2, -0.15) is 0 Å². The number of aliphatic hydroxyl groups excluding tert-OH is 1. The van der Waals surface area contributed by atoms with Crippen LogP contribution in [0.15, 0.2) is 30.3 Å². The molecular weight excluding hydrogens is 332 g/mol. The Morgan fingerprint density at radius 1 is 1.04 bits per heavy atom. The largest absolute Gasteiger partial charge is 0.508 e. The zero-order valence-electron chi connectivity index (χ0n) is 13.2. The van der Waals surface area contributed by atoms with Crippen molar-refractivity contribution in [3.63, 3.8) is 0 Å². The van der Waals surface area contributed by atoms with E-state index in [1.54, 1.807) is 0 Å². The minimum atomic E-state index is -0.933. The number of hydrogen-bond acceptors (Lipinski definition) is 7. The molecule has 0 radical (unpaired) electrons. The molecule has 0 unspecified atom stereocenters. The van der Waals surface area contributed by atoms with Crippen LogP contribution in [0.2, 0.25) is 0 Å².